The van der Waals surface area contributed by atoms with Gasteiger partial charge >= 0.3 is 0 Å². The highest BCUT2D eigenvalue weighted by molar-refractivity contribution is 6.21. The molecule has 2 aromatic heterocycles. The molecule has 3 aromatic carbocycles. The molecular formula is C38H41N7O6. The fraction of sp³-hybridized carbons (Fsp3) is 0.342. The van der Waals surface area contributed by atoms with E-state index in [2.05, 4.69) is 25.5 Å². The standard InChI is InChI=1S/C38H41N7O6/c1-49-27-10-11-32-30(18-27)25(20-40-32)12-14-39-36(46)23-44-22-26(41-42-44)21-43-16-13-24-17-34(50-2)35(51-3)19-31(24)33(43)9-6-15-45-37(47)28-7-4-5-8-29(28)38(45)48/h4-5,7-8,10-11,17-20,22,33,40H,6,9,12-16,21,23H2,1-3H3,(H,39,46). The summed E-state index contributed by atoms with van der Waals surface area (Å²) in [6, 6.07) is 16.9. The van der Waals surface area contributed by atoms with E-state index in [4.69, 9.17) is 14.2 Å². The van der Waals surface area contributed by atoms with Crippen LogP contribution in [0.1, 0.15) is 62.0 Å². The Morgan fingerprint density at radius 1 is 0.980 bits per heavy atom. The molecule has 7 rings (SSSR count). The quantitative estimate of drug-likeness (QED) is 0.163. The van der Waals surface area contributed by atoms with Crippen molar-refractivity contribution in [1.29, 1.82) is 0 Å². The molecule has 0 saturated carbocycles. The van der Waals surface area contributed by atoms with Crippen molar-refractivity contribution < 1.29 is 28.6 Å². The van der Waals surface area contributed by atoms with E-state index in [0.717, 1.165) is 46.4 Å². The minimum Gasteiger partial charge on any atom is -0.497 e. The van der Waals surface area contributed by atoms with Gasteiger partial charge in [0.1, 0.15) is 12.3 Å². The Balaban J connectivity index is 0.997. The summed E-state index contributed by atoms with van der Waals surface area (Å²) in [5, 5.41) is 12.7. The largest absolute Gasteiger partial charge is 0.497 e. The van der Waals surface area contributed by atoms with Crippen molar-refractivity contribution in [2.45, 2.75) is 44.8 Å². The third-order valence-electron chi connectivity index (χ3n) is 9.80. The van der Waals surface area contributed by atoms with Crippen molar-refractivity contribution in [3.05, 3.63) is 101 Å². The molecule has 0 radical (unpaired) electrons. The number of hydrogen-bond donors (Lipinski definition) is 2. The van der Waals surface area contributed by atoms with E-state index in [0.29, 0.717) is 61.5 Å². The number of rotatable bonds is 14. The van der Waals surface area contributed by atoms with Crippen LogP contribution in [0.3, 0.4) is 0 Å². The number of H-pyrrole nitrogens is 1. The summed E-state index contributed by atoms with van der Waals surface area (Å²) in [5.74, 6) is 1.46. The third-order valence-corrected chi connectivity index (χ3v) is 9.80. The van der Waals surface area contributed by atoms with Crippen LogP contribution in [0.5, 0.6) is 17.2 Å². The molecule has 5 aromatic rings. The first-order chi connectivity index (χ1) is 24.9. The minimum absolute atomic E-state index is 0.0401. The third kappa shape index (κ3) is 6.89. The topological polar surface area (TPSA) is 144 Å². The molecule has 0 saturated heterocycles. The number of fused-ring (bicyclic) bond motifs is 3. The highest BCUT2D eigenvalue weighted by Crippen LogP contribution is 2.40. The van der Waals surface area contributed by atoms with Gasteiger partial charge in [-0.15, -0.1) is 5.10 Å². The molecule has 1 atom stereocenters. The van der Waals surface area contributed by atoms with Crippen LogP contribution in [0.15, 0.2) is 67.0 Å². The summed E-state index contributed by atoms with van der Waals surface area (Å²) < 4.78 is 18.2. The fourth-order valence-corrected chi connectivity index (χ4v) is 7.22. The van der Waals surface area contributed by atoms with Crippen LogP contribution in [0, 0.1) is 0 Å². The van der Waals surface area contributed by atoms with Crippen LogP contribution in [0.2, 0.25) is 0 Å². The molecule has 4 heterocycles. The van der Waals surface area contributed by atoms with Gasteiger partial charge in [0.2, 0.25) is 5.91 Å². The Hall–Kier alpha value is -5.69. The molecule has 13 heteroatoms. The predicted octanol–water partition coefficient (Wildman–Crippen LogP) is 4.32. The Kier molecular flexibility index (Phi) is 9.71. The summed E-state index contributed by atoms with van der Waals surface area (Å²) >= 11 is 0. The fourth-order valence-electron chi connectivity index (χ4n) is 7.22. The summed E-state index contributed by atoms with van der Waals surface area (Å²) in [6.45, 7) is 2.12. The van der Waals surface area contributed by atoms with Crippen LogP contribution in [0.4, 0.5) is 0 Å². The van der Waals surface area contributed by atoms with Gasteiger partial charge in [-0.25, -0.2) is 4.68 Å². The maximum absolute atomic E-state index is 13.0. The zero-order chi connectivity index (χ0) is 35.5. The molecule has 0 fully saturated rings. The molecular weight excluding hydrogens is 650 g/mol. The van der Waals surface area contributed by atoms with E-state index in [-0.39, 0.29) is 30.3 Å². The lowest BCUT2D eigenvalue weighted by Gasteiger charge is -2.37. The van der Waals surface area contributed by atoms with Crippen LogP contribution in [-0.4, -0.2) is 88.5 Å². The maximum atomic E-state index is 13.0. The van der Waals surface area contributed by atoms with Gasteiger partial charge in [-0.3, -0.25) is 24.2 Å². The van der Waals surface area contributed by atoms with Gasteiger partial charge in [-0.1, -0.05) is 17.3 Å². The Labute approximate surface area is 295 Å². The molecule has 2 aliphatic heterocycles. The first kappa shape index (κ1) is 33.8. The number of imide groups is 1. The molecule has 0 spiro atoms. The second-order valence-electron chi connectivity index (χ2n) is 12.8. The highest BCUT2D eigenvalue weighted by Gasteiger charge is 2.35. The lowest BCUT2D eigenvalue weighted by molar-refractivity contribution is -0.121. The van der Waals surface area contributed by atoms with Gasteiger partial charge in [0, 0.05) is 49.3 Å². The van der Waals surface area contributed by atoms with Crippen molar-refractivity contribution >= 4 is 28.6 Å². The van der Waals surface area contributed by atoms with Crippen molar-refractivity contribution in [3.8, 4) is 17.2 Å². The summed E-state index contributed by atoms with van der Waals surface area (Å²) in [7, 11) is 4.90. The van der Waals surface area contributed by atoms with Gasteiger partial charge in [-0.05, 0) is 84.8 Å². The average Bonchev–Trinajstić information content (AvgIpc) is 3.84. The number of hydrogen-bond acceptors (Lipinski definition) is 9. The van der Waals surface area contributed by atoms with Crippen molar-refractivity contribution in [2.75, 3.05) is 41.0 Å². The summed E-state index contributed by atoms with van der Waals surface area (Å²) in [6.07, 6.45) is 6.54. The lowest BCUT2D eigenvalue weighted by atomic mass is 9.89. The molecule has 1 unspecified atom stereocenters. The molecule has 51 heavy (non-hydrogen) atoms. The number of aromatic amines is 1. The van der Waals surface area contributed by atoms with Gasteiger partial charge < -0.3 is 24.5 Å². The normalized spacial score (nSPS) is 15.6. The number of ether oxygens (including phenoxy) is 3. The molecule has 3 amide bonds. The van der Waals surface area contributed by atoms with E-state index >= 15 is 0 Å². The second-order valence-corrected chi connectivity index (χ2v) is 12.8. The Morgan fingerprint density at radius 3 is 2.49 bits per heavy atom. The number of carbonyl (C=O) groups excluding carboxylic acids is 3. The Bertz CT molecular complexity index is 2050. The van der Waals surface area contributed by atoms with Crippen LogP contribution in [0.25, 0.3) is 10.9 Å². The van der Waals surface area contributed by atoms with Gasteiger partial charge in [-0.2, -0.15) is 0 Å². The maximum Gasteiger partial charge on any atom is 0.261 e. The first-order valence-corrected chi connectivity index (χ1v) is 17.1. The monoisotopic (exact) mass is 691 g/mol. The zero-order valence-electron chi connectivity index (χ0n) is 29.0. The summed E-state index contributed by atoms with van der Waals surface area (Å²) in [5.41, 5.74) is 6.05. The van der Waals surface area contributed by atoms with Crippen molar-refractivity contribution in [2.24, 2.45) is 0 Å². The molecule has 2 aliphatic rings. The highest BCUT2D eigenvalue weighted by atomic mass is 16.5. The number of nitrogens with zero attached hydrogens (tertiary/aromatic N) is 5. The van der Waals surface area contributed by atoms with Gasteiger partial charge in [0.25, 0.3) is 11.8 Å². The predicted molar refractivity (Wildman–Crippen MR) is 189 cm³/mol. The smallest absolute Gasteiger partial charge is 0.261 e. The van der Waals surface area contributed by atoms with Crippen LogP contribution >= 0.6 is 0 Å². The van der Waals surface area contributed by atoms with E-state index in [9.17, 15) is 14.4 Å². The van der Waals surface area contributed by atoms with Crippen molar-refractivity contribution in [1.82, 2.24) is 35.1 Å². The number of nitrogens with one attached hydrogen (secondary N) is 2. The molecule has 264 valence electrons. The number of aromatic nitrogens is 4. The minimum atomic E-state index is -0.248. The summed E-state index contributed by atoms with van der Waals surface area (Å²) in [4.78, 5) is 45.8. The van der Waals surface area contributed by atoms with E-state index in [1.165, 1.54) is 10.5 Å². The average molecular weight is 692 g/mol. The van der Waals surface area contributed by atoms with E-state index < -0.39 is 0 Å². The number of carbonyl (C=O) groups is 3. The Morgan fingerprint density at radius 2 is 1.75 bits per heavy atom. The lowest BCUT2D eigenvalue weighted by Crippen LogP contribution is -2.36. The van der Waals surface area contributed by atoms with Crippen LogP contribution in [-0.2, 0) is 30.7 Å². The van der Waals surface area contributed by atoms with Crippen molar-refractivity contribution in [3.63, 3.8) is 0 Å². The zero-order valence-corrected chi connectivity index (χ0v) is 29.0. The van der Waals surface area contributed by atoms with E-state index in [1.54, 1.807) is 50.3 Å². The second kappa shape index (κ2) is 14.7. The van der Waals surface area contributed by atoms with E-state index in [1.807, 2.05) is 42.7 Å². The molecule has 13 nitrogen and oxygen atoms in total. The number of benzene rings is 3. The SMILES string of the molecule is COc1ccc2[nH]cc(CCNC(=O)Cn3cc(CN4CCc5cc(OC)c(OC)cc5C4CCCN4C(=O)c5ccccc5C4=O)nn3)c2c1. The first-order valence-electron chi connectivity index (χ1n) is 17.1. The van der Waals surface area contributed by atoms with Crippen LogP contribution < -0.4 is 19.5 Å². The number of methoxy groups -OCH3 is 3. The van der Waals surface area contributed by atoms with Gasteiger partial charge in [0.05, 0.1) is 44.3 Å². The molecule has 0 bridgehead atoms. The van der Waals surface area contributed by atoms with Gasteiger partial charge in [0.15, 0.2) is 11.5 Å². The molecule has 2 N–H and O–H groups in total. The number of amides is 3. The molecule has 0 aliphatic carbocycles.